The average molecular weight is 298 g/mol. The maximum Gasteiger partial charge on any atom is 0.433 e. The highest BCUT2D eigenvalue weighted by Crippen LogP contribution is 2.29. The van der Waals surface area contributed by atoms with E-state index < -0.39 is 16.8 Å². The Morgan fingerprint density at radius 1 is 1.29 bits per heavy atom. The van der Waals surface area contributed by atoms with Crippen molar-refractivity contribution in [2.24, 2.45) is 0 Å². The summed E-state index contributed by atoms with van der Waals surface area (Å²) in [7, 11) is 0. The number of anilines is 2. The van der Waals surface area contributed by atoms with Gasteiger partial charge in [-0.3, -0.25) is 10.1 Å². The van der Waals surface area contributed by atoms with E-state index in [1.807, 2.05) is 0 Å². The predicted molar refractivity (Wildman–Crippen MR) is 68.2 cm³/mol. The number of benzene rings is 1. The van der Waals surface area contributed by atoms with Gasteiger partial charge in [0, 0.05) is 18.3 Å². The topological polar surface area (TPSA) is 81.0 Å². The third-order valence-electron chi connectivity index (χ3n) is 2.62. The summed E-state index contributed by atoms with van der Waals surface area (Å²) in [6.07, 6.45) is -3.62. The van der Waals surface area contributed by atoms with Crippen molar-refractivity contribution in [2.45, 2.75) is 13.1 Å². The number of non-ortho nitro benzene ring substituents is 1. The first-order valence-electron chi connectivity index (χ1n) is 5.69. The normalized spacial score (nSPS) is 11.2. The van der Waals surface area contributed by atoms with Crippen molar-refractivity contribution in [1.29, 1.82) is 0 Å². The van der Waals surface area contributed by atoms with Crippen molar-refractivity contribution in [1.82, 2.24) is 9.97 Å². The zero-order chi connectivity index (χ0) is 15.6. The SMILES string of the molecule is Cc1ccc([N+](=O)[O-])cc1Nc1nccc(C(F)(F)F)n1. The highest BCUT2D eigenvalue weighted by Gasteiger charge is 2.32. The second kappa shape index (κ2) is 5.35. The van der Waals surface area contributed by atoms with E-state index in [2.05, 4.69) is 15.3 Å². The van der Waals surface area contributed by atoms with Gasteiger partial charge in [0.05, 0.1) is 10.6 Å². The van der Waals surface area contributed by atoms with Crippen LogP contribution in [0.1, 0.15) is 11.3 Å². The molecule has 9 heteroatoms. The Balaban J connectivity index is 2.34. The second-order valence-electron chi connectivity index (χ2n) is 4.14. The zero-order valence-electron chi connectivity index (χ0n) is 10.7. The number of hydrogen-bond donors (Lipinski definition) is 1. The predicted octanol–water partition coefficient (Wildman–Crippen LogP) is 3.46. The van der Waals surface area contributed by atoms with E-state index >= 15 is 0 Å². The average Bonchev–Trinajstić information content (AvgIpc) is 2.40. The van der Waals surface area contributed by atoms with Crippen LogP contribution in [0.25, 0.3) is 0 Å². The second-order valence-corrected chi connectivity index (χ2v) is 4.14. The summed E-state index contributed by atoms with van der Waals surface area (Å²) in [5, 5.41) is 13.3. The summed E-state index contributed by atoms with van der Waals surface area (Å²) < 4.78 is 37.6. The third-order valence-corrected chi connectivity index (χ3v) is 2.62. The Morgan fingerprint density at radius 2 is 2.00 bits per heavy atom. The lowest BCUT2D eigenvalue weighted by molar-refractivity contribution is -0.384. The lowest BCUT2D eigenvalue weighted by atomic mass is 10.2. The van der Waals surface area contributed by atoms with Crippen LogP contribution in [0.2, 0.25) is 0 Å². The van der Waals surface area contributed by atoms with Crippen LogP contribution in [0, 0.1) is 17.0 Å². The highest BCUT2D eigenvalue weighted by atomic mass is 19.4. The van der Waals surface area contributed by atoms with Crippen LogP contribution < -0.4 is 5.32 Å². The quantitative estimate of drug-likeness (QED) is 0.693. The van der Waals surface area contributed by atoms with Gasteiger partial charge in [-0.2, -0.15) is 13.2 Å². The van der Waals surface area contributed by atoms with Crippen molar-refractivity contribution in [3.63, 3.8) is 0 Å². The number of halogens is 3. The number of nitrogens with zero attached hydrogens (tertiary/aromatic N) is 3. The summed E-state index contributed by atoms with van der Waals surface area (Å²) in [6, 6.07) is 4.73. The van der Waals surface area contributed by atoms with Crippen molar-refractivity contribution < 1.29 is 18.1 Å². The third kappa shape index (κ3) is 3.44. The van der Waals surface area contributed by atoms with Crippen LogP contribution in [0.3, 0.4) is 0 Å². The Hall–Kier alpha value is -2.71. The summed E-state index contributed by atoms with van der Waals surface area (Å²) >= 11 is 0. The zero-order valence-corrected chi connectivity index (χ0v) is 10.7. The number of nitrogens with one attached hydrogen (secondary N) is 1. The van der Waals surface area contributed by atoms with Gasteiger partial charge in [0.1, 0.15) is 5.69 Å². The van der Waals surface area contributed by atoms with Gasteiger partial charge in [-0.25, -0.2) is 9.97 Å². The largest absolute Gasteiger partial charge is 0.433 e. The van der Waals surface area contributed by atoms with Crippen molar-refractivity contribution in [3.05, 3.63) is 51.8 Å². The molecule has 110 valence electrons. The Morgan fingerprint density at radius 3 is 2.62 bits per heavy atom. The molecule has 1 N–H and O–H groups in total. The molecule has 0 saturated heterocycles. The molecule has 0 spiro atoms. The molecule has 1 aromatic heterocycles. The molecule has 2 rings (SSSR count). The van der Waals surface area contributed by atoms with E-state index in [1.165, 1.54) is 18.2 Å². The number of nitro groups is 1. The van der Waals surface area contributed by atoms with Gasteiger partial charge in [0.15, 0.2) is 0 Å². The molecule has 0 radical (unpaired) electrons. The molecule has 1 heterocycles. The molecule has 0 saturated carbocycles. The fraction of sp³-hybridized carbons (Fsp3) is 0.167. The van der Waals surface area contributed by atoms with Gasteiger partial charge in [-0.1, -0.05) is 6.07 Å². The van der Waals surface area contributed by atoms with Gasteiger partial charge in [-0.05, 0) is 18.6 Å². The molecule has 0 aliphatic heterocycles. The minimum absolute atomic E-state index is 0.185. The fourth-order valence-electron chi connectivity index (χ4n) is 1.56. The van der Waals surface area contributed by atoms with Gasteiger partial charge < -0.3 is 5.32 Å². The Bertz CT molecular complexity index is 688. The number of alkyl halides is 3. The monoisotopic (exact) mass is 298 g/mol. The lowest BCUT2D eigenvalue weighted by Gasteiger charge is -2.10. The molecule has 6 nitrogen and oxygen atoms in total. The van der Waals surface area contributed by atoms with Crippen LogP contribution in [0.5, 0.6) is 0 Å². The van der Waals surface area contributed by atoms with E-state index in [9.17, 15) is 23.3 Å². The van der Waals surface area contributed by atoms with Crippen LogP contribution in [-0.4, -0.2) is 14.9 Å². The van der Waals surface area contributed by atoms with Gasteiger partial charge in [0.2, 0.25) is 5.95 Å². The first-order chi connectivity index (χ1) is 9.77. The summed E-state index contributed by atoms with van der Waals surface area (Å²) in [5.41, 5.74) is -0.400. The summed E-state index contributed by atoms with van der Waals surface area (Å²) in [6.45, 7) is 1.65. The molecule has 0 amide bonds. The van der Waals surface area contributed by atoms with Gasteiger partial charge in [-0.15, -0.1) is 0 Å². The number of rotatable bonds is 3. The lowest BCUT2D eigenvalue weighted by Crippen LogP contribution is -2.10. The van der Waals surface area contributed by atoms with E-state index in [0.29, 0.717) is 5.56 Å². The van der Waals surface area contributed by atoms with Gasteiger partial charge in [0.25, 0.3) is 5.69 Å². The first kappa shape index (κ1) is 14.7. The molecule has 2 aromatic rings. The molecule has 0 unspecified atom stereocenters. The molecule has 21 heavy (non-hydrogen) atoms. The number of aromatic nitrogens is 2. The standard InChI is InChI=1S/C12H9F3N4O2/c1-7-2-3-8(19(20)21)6-9(7)17-11-16-5-4-10(18-11)12(13,14)15/h2-6H,1H3,(H,16,17,18). The van der Waals surface area contributed by atoms with E-state index in [4.69, 9.17) is 0 Å². The van der Waals surface area contributed by atoms with Crippen LogP contribution >= 0.6 is 0 Å². The minimum atomic E-state index is -4.59. The van der Waals surface area contributed by atoms with Crippen molar-refractivity contribution in [3.8, 4) is 0 Å². The maximum absolute atomic E-state index is 12.5. The van der Waals surface area contributed by atoms with Crippen LogP contribution in [-0.2, 0) is 6.18 Å². The molecular weight excluding hydrogens is 289 g/mol. The smallest absolute Gasteiger partial charge is 0.324 e. The van der Waals surface area contributed by atoms with Crippen LogP contribution in [0.15, 0.2) is 30.5 Å². The summed E-state index contributed by atoms with van der Waals surface area (Å²) in [4.78, 5) is 17.1. The highest BCUT2D eigenvalue weighted by molar-refractivity contribution is 5.62. The molecule has 0 aliphatic carbocycles. The van der Waals surface area contributed by atoms with Gasteiger partial charge >= 0.3 is 6.18 Å². The van der Waals surface area contributed by atoms with E-state index in [-0.39, 0.29) is 17.3 Å². The molecule has 0 fully saturated rings. The summed E-state index contributed by atoms with van der Waals surface area (Å²) in [5.74, 6) is -0.284. The molecular formula is C12H9F3N4O2. The van der Waals surface area contributed by atoms with Crippen molar-refractivity contribution in [2.75, 3.05) is 5.32 Å². The number of aryl methyl sites for hydroxylation is 1. The first-order valence-corrected chi connectivity index (χ1v) is 5.69. The Labute approximate surface area is 116 Å². The number of hydrogen-bond acceptors (Lipinski definition) is 5. The van der Waals surface area contributed by atoms with E-state index in [1.54, 1.807) is 6.92 Å². The molecule has 0 aliphatic rings. The molecule has 0 bridgehead atoms. The van der Waals surface area contributed by atoms with Crippen molar-refractivity contribution >= 4 is 17.3 Å². The van der Waals surface area contributed by atoms with E-state index in [0.717, 1.165) is 12.3 Å². The Kier molecular flexibility index (Phi) is 3.74. The molecule has 0 atom stereocenters. The fourth-order valence-corrected chi connectivity index (χ4v) is 1.56. The minimum Gasteiger partial charge on any atom is -0.324 e. The van der Waals surface area contributed by atoms with Crippen LogP contribution in [0.4, 0.5) is 30.5 Å². The maximum atomic E-state index is 12.5. The number of nitro benzene ring substituents is 1. The molecule has 1 aromatic carbocycles.